The van der Waals surface area contributed by atoms with Crippen LogP contribution in [0.2, 0.25) is 0 Å². The Morgan fingerprint density at radius 1 is 1.10 bits per heavy atom. The molecule has 5 nitrogen and oxygen atoms in total. The van der Waals surface area contributed by atoms with E-state index in [0.29, 0.717) is 6.54 Å². The summed E-state index contributed by atoms with van der Waals surface area (Å²) in [6.45, 7) is 4.78. The maximum atomic E-state index is 13.9. The number of benzene rings is 2. The first-order valence-corrected chi connectivity index (χ1v) is 9.98. The Bertz CT molecular complexity index is 1120. The van der Waals surface area contributed by atoms with E-state index in [9.17, 15) is 4.39 Å². The van der Waals surface area contributed by atoms with Crippen molar-refractivity contribution in [3.05, 3.63) is 96.0 Å². The van der Waals surface area contributed by atoms with Crippen molar-refractivity contribution < 1.29 is 4.39 Å². The number of nitrogens with zero attached hydrogens (tertiary/aromatic N) is 4. The fourth-order valence-electron chi connectivity index (χ4n) is 3.43. The number of halogens is 1. The summed E-state index contributed by atoms with van der Waals surface area (Å²) in [4.78, 5) is 8.46. The SMILES string of the molecule is Cc1cccc(-n2cc(CN[C@@H](C)Cc3cnccn3)c(-c3cccc(F)c3)n2)c1. The third-order valence-electron chi connectivity index (χ3n) is 4.93. The summed E-state index contributed by atoms with van der Waals surface area (Å²) < 4.78 is 15.7. The predicted octanol–water partition coefficient (Wildman–Crippen LogP) is 4.50. The smallest absolute Gasteiger partial charge is 0.123 e. The molecule has 2 heterocycles. The standard InChI is InChI=1S/C24H24FN5/c1-17-5-3-8-23(11-17)30-16-20(24(29-30)19-6-4-7-21(25)13-19)14-28-18(2)12-22-15-26-9-10-27-22/h3-11,13,15-16,18,28H,12,14H2,1-2H3/t18-/m0/s1. The van der Waals surface area contributed by atoms with Crippen LogP contribution in [0.4, 0.5) is 4.39 Å². The zero-order valence-corrected chi connectivity index (χ0v) is 17.1. The third-order valence-corrected chi connectivity index (χ3v) is 4.93. The molecule has 4 aromatic rings. The number of aromatic nitrogens is 4. The monoisotopic (exact) mass is 401 g/mol. The van der Waals surface area contributed by atoms with E-state index in [1.54, 1.807) is 24.7 Å². The first kappa shape index (κ1) is 19.9. The van der Waals surface area contributed by atoms with E-state index < -0.39 is 0 Å². The highest BCUT2D eigenvalue weighted by atomic mass is 19.1. The van der Waals surface area contributed by atoms with E-state index in [1.165, 1.54) is 12.1 Å². The van der Waals surface area contributed by atoms with Crippen LogP contribution in [0.3, 0.4) is 0 Å². The van der Waals surface area contributed by atoms with Gasteiger partial charge in [-0.25, -0.2) is 9.07 Å². The molecule has 1 N–H and O–H groups in total. The van der Waals surface area contributed by atoms with Gasteiger partial charge in [-0.15, -0.1) is 0 Å². The molecule has 0 aliphatic heterocycles. The summed E-state index contributed by atoms with van der Waals surface area (Å²) in [7, 11) is 0. The Balaban J connectivity index is 1.60. The topological polar surface area (TPSA) is 55.6 Å². The maximum Gasteiger partial charge on any atom is 0.123 e. The highest BCUT2D eigenvalue weighted by Gasteiger charge is 2.14. The molecule has 0 aliphatic carbocycles. The first-order chi connectivity index (χ1) is 14.6. The van der Waals surface area contributed by atoms with Gasteiger partial charge in [0.25, 0.3) is 0 Å². The summed E-state index contributed by atoms with van der Waals surface area (Å²) in [5.41, 5.74) is 5.63. The van der Waals surface area contributed by atoms with Crippen molar-refractivity contribution in [2.24, 2.45) is 0 Å². The number of nitrogens with one attached hydrogen (secondary N) is 1. The highest BCUT2D eigenvalue weighted by Crippen LogP contribution is 2.25. The van der Waals surface area contributed by atoms with Crippen LogP contribution in [-0.2, 0) is 13.0 Å². The minimum atomic E-state index is -0.271. The van der Waals surface area contributed by atoms with E-state index >= 15 is 0 Å². The van der Waals surface area contributed by atoms with Crippen LogP contribution in [0.15, 0.2) is 73.3 Å². The Hall–Kier alpha value is -3.38. The lowest BCUT2D eigenvalue weighted by atomic mass is 10.1. The molecule has 2 aromatic carbocycles. The molecule has 0 amide bonds. The molecule has 0 fully saturated rings. The molecule has 0 bridgehead atoms. The lowest BCUT2D eigenvalue weighted by molar-refractivity contribution is 0.539. The first-order valence-electron chi connectivity index (χ1n) is 9.98. The quantitative estimate of drug-likeness (QED) is 0.495. The van der Waals surface area contributed by atoms with Crippen molar-refractivity contribution in [2.45, 2.75) is 32.9 Å². The van der Waals surface area contributed by atoms with E-state index in [-0.39, 0.29) is 11.9 Å². The molecule has 30 heavy (non-hydrogen) atoms. The van der Waals surface area contributed by atoms with Crippen molar-refractivity contribution >= 4 is 0 Å². The fourth-order valence-corrected chi connectivity index (χ4v) is 3.43. The van der Waals surface area contributed by atoms with Crippen molar-refractivity contribution in [2.75, 3.05) is 0 Å². The van der Waals surface area contributed by atoms with E-state index in [0.717, 1.165) is 40.2 Å². The molecule has 0 radical (unpaired) electrons. The van der Waals surface area contributed by atoms with Gasteiger partial charge >= 0.3 is 0 Å². The predicted molar refractivity (Wildman–Crippen MR) is 116 cm³/mol. The molecule has 0 unspecified atom stereocenters. The Kier molecular flexibility index (Phi) is 5.95. The lowest BCUT2D eigenvalue weighted by Gasteiger charge is -2.13. The zero-order chi connectivity index (χ0) is 20.9. The van der Waals surface area contributed by atoms with Gasteiger partial charge in [0.1, 0.15) is 5.82 Å². The van der Waals surface area contributed by atoms with Crippen molar-refractivity contribution in [3.8, 4) is 16.9 Å². The normalized spacial score (nSPS) is 12.1. The number of rotatable bonds is 7. The van der Waals surface area contributed by atoms with Gasteiger partial charge in [-0.2, -0.15) is 5.10 Å². The minimum Gasteiger partial charge on any atom is -0.310 e. The Labute approximate surface area is 175 Å². The lowest BCUT2D eigenvalue weighted by Crippen LogP contribution is -2.28. The average molecular weight is 401 g/mol. The van der Waals surface area contributed by atoms with Crippen molar-refractivity contribution in [1.29, 1.82) is 0 Å². The van der Waals surface area contributed by atoms with Gasteiger partial charge in [-0.3, -0.25) is 9.97 Å². The second-order valence-corrected chi connectivity index (χ2v) is 7.48. The maximum absolute atomic E-state index is 13.9. The summed E-state index contributed by atoms with van der Waals surface area (Å²) in [5.74, 6) is -0.271. The summed E-state index contributed by atoms with van der Waals surface area (Å²) in [6.07, 6.45) is 7.95. The Morgan fingerprint density at radius 2 is 1.97 bits per heavy atom. The largest absolute Gasteiger partial charge is 0.310 e. The minimum absolute atomic E-state index is 0.198. The Morgan fingerprint density at radius 3 is 2.73 bits per heavy atom. The van der Waals surface area contributed by atoms with Gasteiger partial charge in [0.2, 0.25) is 0 Å². The van der Waals surface area contributed by atoms with Gasteiger partial charge in [0.15, 0.2) is 0 Å². The fraction of sp³-hybridized carbons (Fsp3) is 0.208. The number of aryl methyl sites for hydroxylation is 1. The molecule has 4 rings (SSSR count). The van der Waals surface area contributed by atoms with Gasteiger partial charge in [-0.1, -0.05) is 24.3 Å². The van der Waals surface area contributed by atoms with Crippen LogP contribution in [0, 0.1) is 12.7 Å². The van der Waals surface area contributed by atoms with Crippen LogP contribution in [0.25, 0.3) is 16.9 Å². The second-order valence-electron chi connectivity index (χ2n) is 7.48. The van der Waals surface area contributed by atoms with Crippen LogP contribution in [-0.4, -0.2) is 25.8 Å². The molecule has 0 aliphatic rings. The van der Waals surface area contributed by atoms with Gasteiger partial charge < -0.3 is 5.32 Å². The molecule has 6 heteroatoms. The summed E-state index contributed by atoms with van der Waals surface area (Å²) >= 11 is 0. The van der Waals surface area contributed by atoms with Gasteiger partial charge in [0.05, 0.1) is 17.1 Å². The second kappa shape index (κ2) is 8.97. The molecular weight excluding hydrogens is 377 g/mol. The van der Waals surface area contributed by atoms with Gasteiger partial charge in [0, 0.05) is 54.9 Å². The molecule has 1 atom stereocenters. The van der Waals surface area contributed by atoms with E-state index in [2.05, 4.69) is 41.3 Å². The summed E-state index contributed by atoms with van der Waals surface area (Å²) in [5, 5.41) is 8.32. The molecule has 0 spiro atoms. The number of hydrogen-bond donors (Lipinski definition) is 1. The van der Waals surface area contributed by atoms with E-state index in [1.807, 2.05) is 29.1 Å². The molecule has 0 saturated heterocycles. The zero-order valence-electron chi connectivity index (χ0n) is 17.1. The summed E-state index contributed by atoms with van der Waals surface area (Å²) in [6, 6.07) is 14.9. The molecule has 152 valence electrons. The number of hydrogen-bond acceptors (Lipinski definition) is 4. The van der Waals surface area contributed by atoms with Gasteiger partial charge in [-0.05, 0) is 43.7 Å². The highest BCUT2D eigenvalue weighted by molar-refractivity contribution is 5.63. The molecular formula is C24H24FN5. The van der Waals surface area contributed by atoms with Crippen molar-refractivity contribution in [3.63, 3.8) is 0 Å². The molecule has 2 aromatic heterocycles. The average Bonchev–Trinajstić information content (AvgIpc) is 3.17. The van der Waals surface area contributed by atoms with Crippen LogP contribution in [0.5, 0.6) is 0 Å². The van der Waals surface area contributed by atoms with Crippen LogP contribution in [0.1, 0.15) is 23.7 Å². The third kappa shape index (κ3) is 4.78. The van der Waals surface area contributed by atoms with Crippen LogP contribution < -0.4 is 5.32 Å². The van der Waals surface area contributed by atoms with E-state index in [4.69, 9.17) is 5.10 Å². The molecule has 0 saturated carbocycles. The van der Waals surface area contributed by atoms with Crippen LogP contribution >= 0.6 is 0 Å². The van der Waals surface area contributed by atoms with Crippen molar-refractivity contribution in [1.82, 2.24) is 25.1 Å².